The van der Waals surface area contributed by atoms with Crippen LogP contribution in [0.5, 0.6) is 0 Å². The van der Waals surface area contributed by atoms with E-state index in [1.807, 2.05) is 49.4 Å². The van der Waals surface area contributed by atoms with Gasteiger partial charge < -0.3 is 14.1 Å². The number of carbonyl (C=O) groups is 2. The van der Waals surface area contributed by atoms with Gasteiger partial charge in [-0.3, -0.25) is 4.79 Å². The van der Waals surface area contributed by atoms with Crippen LogP contribution in [0.25, 0.3) is 11.0 Å². The molecule has 1 aromatic heterocycles. The Morgan fingerprint density at radius 2 is 1.88 bits per heavy atom. The van der Waals surface area contributed by atoms with Crippen LogP contribution in [0.3, 0.4) is 0 Å². The molecule has 5 nitrogen and oxygen atoms in total. The number of nitrogens with zero attached hydrogens (tertiary/aromatic N) is 1. The number of rotatable bonds is 3. The van der Waals surface area contributed by atoms with Crippen LogP contribution in [-0.2, 0) is 16.0 Å². The van der Waals surface area contributed by atoms with Gasteiger partial charge in [-0.25, -0.2) is 4.79 Å². The third-order valence-corrected chi connectivity index (χ3v) is 4.77. The van der Waals surface area contributed by atoms with Crippen molar-refractivity contribution in [2.45, 2.75) is 19.8 Å². The molecule has 1 amide bonds. The lowest BCUT2D eigenvalue weighted by atomic mass is 10.0. The van der Waals surface area contributed by atoms with Crippen molar-refractivity contribution in [3.05, 3.63) is 65.4 Å². The Labute approximate surface area is 151 Å². The van der Waals surface area contributed by atoms with Gasteiger partial charge in [0.2, 0.25) is 5.76 Å². The molecule has 0 spiro atoms. The van der Waals surface area contributed by atoms with Gasteiger partial charge in [0.25, 0.3) is 5.91 Å². The van der Waals surface area contributed by atoms with Crippen LogP contribution in [-0.4, -0.2) is 25.0 Å². The Morgan fingerprint density at radius 3 is 2.73 bits per heavy atom. The van der Waals surface area contributed by atoms with E-state index < -0.39 is 5.97 Å². The van der Waals surface area contributed by atoms with Crippen LogP contribution in [0.2, 0.25) is 0 Å². The SMILES string of the molecule is Cc1c(C(=O)OCC(=O)N2CCCc3ccccc32)oc2ccccc12. The highest BCUT2D eigenvalue weighted by atomic mass is 16.5. The van der Waals surface area contributed by atoms with Gasteiger partial charge in [0, 0.05) is 23.2 Å². The highest BCUT2D eigenvalue weighted by molar-refractivity contribution is 5.99. The molecule has 0 atom stereocenters. The normalized spacial score (nSPS) is 13.5. The third-order valence-electron chi connectivity index (χ3n) is 4.77. The van der Waals surface area contributed by atoms with Crippen molar-refractivity contribution < 1.29 is 18.7 Å². The quantitative estimate of drug-likeness (QED) is 0.673. The lowest BCUT2D eigenvalue weighted by Crippen LogP contribution is -2.38. The van der Waals surface area contributed by atoms with Gasteiger partial charge in [0.05, 0.1) is 0 Å². The Morgan fingerprint density at radius 1 is 1.12 bits per heavy atom. The van der Waals surface area contributed by atoms with Crippen molar-refractivity contribution in [1.82, 2.24) is 0 Å². The molecule has 2 aromatic carbocycles. The molecule has 0 unspecified atom stereocenters. The fourth-order valence-corrected chi connectivity index (χ4v) is 3.43. The average Bonchev–Trinajstić information content (AvgIpc) is 3.02. The first-order valence-corrected chi connectivity index (χ1v) is 8.68. The number of ether oxygens (including phenoxy) is 1. The summed E-state index contributed by atoms with van der Waals surface area (Å²) in [5, 5.41) is 0.871. The number of carbonyl (C=O) groups excluding carboxylic acids is 2. The van der Waals surface area contributed by atoms with Gasteiger partial charge in [0.15, 0.2) is 6.61 Å². The molecule has 26 heavy (non-hydrogen) atoms. The number of furan rings is 1. The summed E-state index contributed by atoms with van der Waals surface area (Å²) in [6, 6.07) is 15.3. The highest BCUT2D eigenvalue weighted by Crippen LogP contribution is 2.27. The van der Waals surface area contributed by atoms with Crippen LogP contribution in [0, 0.1) is 6.92 Å². The van der Waals surface area contributed by atoms with E-state index in [0.717, 1.165) is 35.0 Å². The molecule has 0 saturated heterocycles. The fourth-order valence-electron chi connectivity index (χ4n) is 3.43. The minimum Gasteiger partial charge on any atom is -0.450 e. The van der Waals surface area contributed by atoms with Crippen molar-refractivity contribution in [3.8, 4) is 0 Å². The zero-order chi connectivity index (χ0) is 18.1. The van der Waals surface area contributed by atoms with Crippen LogP contribution in [0.1, 0.15) is 28.1 Å². The van der Waals surface area contributed by atoms with Gasteiger partial charge in [0.1, 0.15) is 5.58 Å². The maximum absolute atomic E-state index is 12.6. The number of aryl methyl sites for hydroxylation is 2. The smallest absolute Gasteiger partial charge is 0.375 e. The van der Waals surface area contributed by atoms with E-state index in [1.165, 1.54) is 0 Å². The number of para-hydroxylation sites is 2. The minimum atomic E-state index is -0.614. The highest BCUT2D eigenvalue weighted by Gasteiger charge is 2.25. The summed E-state index contributed by atoms with van der Waals surface area (Å²) >= 11 is 0. The summed E-state index contributed by atoms with van der Waals surface area (Å²) in [6.07, 6.45) is 1.86. The molecule has 5 heteroatoms. The topological polar surface area (TPSA) is 59.8 Å². The van der Waals surface area contributed by atoms with E-state index in [4.69, 9.17) is 9.15 Å². The Hall–Kier alpha value is -3.08. The molecule has 3 aromatic rings. The van der Waals surface area contributed by atoms with Crippen molar-refractivity contribution >= 4 is 28.5 Å². The first-order valence-electron chi connectivity index (χ1n) is 8.68. The number of hydrogen-bond donors (Lipinski definition) is 0. The van der Waals surface area contributed by atoms with Gasteiger partial charge in [-0.15, -0.1) is 0 Å². The fraction of sp³-hybridized carbons (Fsp3) is 0.238. The van der Waals surface area contributed by atoms with E-state index in [2.05, 4.69) is 0 Å². The molecule has 0 bridgehead atoms. The van der Waals surface area contributed by atoms with Crippen molar-refractivity contribution in [3.63, 3.8) is 0 Å². The monoisotopic (exact) mass is 349 g/mol. The Kier molecular flexibility index (Phi) is 4.21. The predicted octanol–water partition coefficient (Wildman–Crippen LogP) is 3.88. The maximum atomic E-state index is 12.6. The molecular formula is C21H19NO4. The Balaban J connectivity index is 1.48. The first-order chi connectivity index (χ1) is 12.6. The maximum Gasteiger partial charge on any atom is 0.375 e. The molecule has 2 heterocycles. The molecule has 0 aliphatic carbocycles. The second-order valence-electron chi connectivity index (χ2n) is 6.41. The van der Waals surface area contributed by atoms with Crippen molar-refractivity contribution in [2.75, 3.05) is 18.1 Å². The van der Waals surface area contributed by atoms with Crippen LogP contribution in [0.15, 0.2) is 52.9 Å². The second kappa shape index (κ2) is 6.67. The number of benzene rings is 2. The molecule has 132 valence electrons. The van der Waals surface area contributed by atoms with Crippen LogP contribution in [0.4, 0.5) is 5.69 Å². The molecule has 1 aliphatic heterocycles. The van der Waals surface area contributed by atoms with E-state index in [1.54, 1.807) is 11.0 Å². The zero-order valence-corrected chi connectivity index (χ0v) is 14.5. The number of amides is 1. The average molecular weight is 349 g/mol. The minimum absolute atomic E-state index is 0.151. The molecule has 0 saturated carbocycles. The number of hydrogen-bond acceptors (Lipinski definition) is 4. The molecule has 0 N–H and O–H groups in total. The number of anilines is 1. The number of fused-ring (bicyclic) bond motifs is 2. The molecular weight excluding hydrogens is 330 g/mol. The zero-order valence-electron chi connectivity index (χ0n) is 14.5. The summed E-state index contributed by atoms with van der Waals surface area (Å²) in [6.45, 7) is 2.14. The van der Waals surface area contributed by atoms with Gasteiger partial charge in [-0.05, 0) is 37.5 Å². The van der Waals surface area contributed by atoms with Crippen LogP contribution >= 0.6 is 0 Å². The summed E-state index contributed by atoms with van der Waals surface area (Å²) in [5.41, 5.74) is 3.40. The van der Waals surface area contributed by atoms with Crippen molar-refractivity contribution in [2.24, 2.45) is 0 Å². The van der Waals surface area contributed by atoms with Crippen molar-refractivity contribution in [1.29, 1.82) is 0 Å². The molecule has 0 fully saturated rings. The standard InChI is InChI=1S/C21H19NO4/c1-14-16-9-3-5-11-18(16)26-20(14)21(24)25-13-19(23)22-12-6-8-15-7-2-4-10-17(15)22/h2-5,7,9-11H,6,8,12-13H2,1H3. The molecule has 0 radical (unpaired) electrons. The number of esters is 1. The summed E-state index contributed by atoms with van der Waals surface area (Å²) in [5.74, 6) is -0.686. The van der Waals surface area contributed by atoms with E-state index in [9.17, 15) is 9.59 Å². The summed E-state index contributed by atoms with van der Waals surface area (Å²) in [4.78, 5) is 26.6. The first kappa shape index (κ1) is 16.4. The molecule has 1 aliphatic rings. The van der Waals surface area contributed by atoms with Gasteiger partial charge in [-0.2, -0.15) is 0 Å². The largest absolute Gasteiger partial charge is 0.450 e. The van der Waals surface area contributed by atoms with Crippen LogP contribution < -0.4 is 4.90 Å². The van der Waals surface area contributed by atoms with Gasteiger partial charge in [-0.1, -0.05) is 36.4 Å². The lowest BCUT2D eigenvalue weighted by Gasteiger charge is -2.29. The predicted molar refractivity (Wildman–Crippen MR) is 98.3 cm³/mol. The lowest BCUT2D eigenvalue weighted by molar-refractivity contribution is -0.121. The van der Waals surface area contributed by atoms with E-state index >= 15 is 0 Å². The Bertz CT molecular complexity index is 989. The molecule has 4 rings (SSSR count). The van der Waals surface area contributed by atoms with Gasteiger partial charge >= 0.3 is 5.97 Å². The van der Waals surface area contributed by atoms with E-state index in [0.29, 0.717) is 12.1 Å². The van der Waals surface area contributed by atoms with E-state index in [-0.39, 0.29) is 18.3 Å². The summed E-state index contributed by atoms with van der Waals surface area (Å²) in [7, 11) is 0. The summed E-state index contributed by atoms with van der Waals surface area (Å²) < 4.78 is 10.8. The second-order valence-corrected chi connectivity index (χ2v) is 6.41. The third kappa shape index (κ3) is 2.86.